The molecule has 1 aromatic carbocycles. The Kier molecular flexibility index (Phi) is 4.79. The van der Waals surface area contributed by atoms with Crippen LogP contribution in [0.1, 0.15) is 17.2 Å². The van der Waals surface area contributed by atoms with Gasteiger partial charge in [0, 0.05) is 24.5 Å². The van der Waals surface area contributed by atoms with Crippen LogP contribution in [0.15, 0.2) is 48.8 Å². The molecule has 104 valence electrons. The van der Waals surface area contributed by atoms with E-state index < -0.39 is 11.9 Å². The number of aliphatic hydroxyl groups is 1. The summed E-state index contributed by atoms with van der Waals surface area (Å²) in [5.41, 5.74) is 0.958. The molecule has 1 unspecified atom stereocenters. The summed E-state index contributed by atoms with van der Waals surface area (Å²) < 4.78 is 13.4. The molecule has 5 heteroatoms. The standard InChI is InChI=1S/C15H15FN2O2/c16-13-6-2-1-5-12(13)14(19)10-18-15(20)8-11-4-3-7-17-9-11/h1-7,9,14,19H,8,10H2,(H,18,20). The number of amides is 1. The molecular weight excluding hydrogens is 259 g/mol. The molecule has 0 spiro atoms. The van der Waals surface area contributed by atoms with E-state index in [9.17, 15) is 14.3 Å². The number of aliphatic hydroxyl groups excluding tert-OH is 1. The van der Waals surface area contributed by atoms with Gasteiger partial charge >= 0.3 is 0 Å². The van der Waals surface area contributed by atoms with Gasteiger partial charge in [0.05, 0.1) is 12.5 Å². The molecule has 1 aromatic heterocycles. The van der Waals surface area contributed by atoms with Crippen LogP contribution in [0.4, 0.5) is 4.39 Å². The largest absolute Gasteiger partial charge is 0.386 e. The van der Waals surface area contributed by atoms with Crippen molar-refractivity contribution >= 4 is 5.91 Å². The second-order valence-electron chi connectivity index (χ2n) is 4.38. The fourth-order valence-corrected chi connectivity index (χ4v) is 1.82. The minimum Gasteiger partial charge on any atom is -0.386 e. The summed E-state index contributed by atoms with van der Waals surface area (Å²) in [7, 11) is 0. The summed E-state index contributed by atoms with van der Waals surface area (Å²) in [6, 6.07) is 9.49. The highest BCUT2D eigenvalue weighted by atomic mass is 19.1. The van der Waals surface area contributed by atoms with Crippen molar-refractivity contribution in [2.75, 3.05) is 6.54 Å². The average molecular weight is 274 g/mol. The molecule has 2 aromatic rings. The highest BCUT2D eigenvalue weighted by Crippen LogP contribution is 2.15. The van der Waals surface area contributed by atoms with Crippen LogP contribution in [0.5, 0.6) is 0 Å². The first-order valence-electron chi connectivity index (χ1n) is 6.25. The Morgan fingerprint density at radius 3 is 2.80 bits per heavy atom. The maximum absolute atomic E-state index is 13.4. The summed E-state index contributed by atoms with van der Waals surface area (Å²) >= 11 is 0. The highest BCUT2D eigenvalue weighted by Gasteiger charge is 2.13. The number of nitrogens with one attached hydrogen (secondary N) is 1. The maximum atomic E-state index is 13.4. The van der Waals surface area contributed by atoms with Crippen LogP contribution in [0.25, 0.3) is 0 Å². The number of hydrogen-bond acceptors (Lipinski definition) is 3. The van der Waals surface area contributed by atoms with E-state index in [0.717, 1.165) is 5.56 Å². The van der Waals surface area contributed by atoms with E-state index in [0.29, 0.717) is 0 Å². The Morgan fingerprint density at radius 2 is 2.10 bits per heavy atom. The fraction of sp³-hybridized carbons (Fsp3) is 0.200. The van der Waals surface area contributed by atoms with Gasteiger partial charge in [-0.3, -0.25) is 9.78 Å². The van der Waals surface area contributed by atoms with Crippen LogP contribution in [0, 0.1) is 5.82 Å². The third-order valence-electron chi connectivity index (χ3n) is 2.84. The Balaban J connectivity index is 1.86. The number of carbonyl (C=O) groups is 1. The predicted octanol–water partition coefficient (Wildman–Crippen LogP) is 1.61. The van der Waals surface area contributed by atoms with Crippen molar-refractivity contribution in [2.45, 2.75) is 12.5 Å². The van der Waals surface area contributed by atoms with Crippen LogP contribution in [-0.2, 0) is 11.2 Å². The van der Waals surface area contributed by atoms with E-state index in [2.05, 4.69) is 10.3 Å². The first-order valence-corrected chi connectivity index (χ1v) is 6.25. The van der Waals surface area contributed by atoms with E-state index in [1.165, 1.54) is 12.1 Å². The molecular formula is C15H15FN2O2. The monoisotopic (exact) mass is 274 g/mol. The lowest BCUT2D eigenvalue weighted by atomic mass is 10.1. The second-order valence-corrected chi connectivity index (χ2v) is 4.38. The first-order chi connectivity index (χ1) is 9.66. The van der Waals surface area contributed by atoms with Crippen molar-refractivity contribution in [1.29, 1.82) is 0 Å². The van der Waals surface area contributed by atoms with E-state index >= 15 is 0 Å². The van der Waals surface area contributed by atoms with Gasteiger partial charge in [0.25, 0.3) is 0 Å². The van der Waals surface area contributed by atoms with Crippen molar-refractivity contribution in [3.8, 4) is 0 Å². The van der Waals surface area contributed by atoms with Crippen LogP contribution < -0.4 is 5.32 Å². The van der Waals surface area contributed by atoms with Crippen molar-refractivity contribution in [3.63, 3.8) is 0 Å². The van der Waals surface area contributed by atoms with Gasteiger partial charge in [-0.2, -0.15) is 0 Å². The van der Waals surface area contributed by atoms with E-state index in [-0.39, 0.29) is 24.4 Å². The van der Waals surface area contributed by atoms with Gasteiger partial charge in [-0.25, -0.2) is 4.39 Å². The van der Waals surface area contributed by atoms with E-state index in [4.69, 9.17) is 0 Å². The number of hydrogen-bond donors (Lipinski definition) is 2. The van der Waals surface area contributed by atoms with E-state index in [1.54, 1.807) is 36.7 Å². The fourth-order valence-electron chi connectivity index (χ4n) is 1.82. The molecule has 0 saturated carbocycles. The average Bonchev–Trinajstić information content (AvgIpc) is 2.46. The Bertz CT molecular complexity index is 575. The summed E-state index contributed by atoms with van der Waals surface area (Å²) in [4.78, 5) is 15.6. The quantitative estimate of drug-likeness (QED) is 0.870. The lowest BCUT2D eigenvalue weighted by Gasteiger charge is -2.13. The van der Waals surface area contributed by atoms with Gasteiger partial charge in [-0.05, 0) is 17.7 Å². The molecule has 0 aliphatic carbocycles. The zero-order chi connectivity index (χ0) is 14.4. The van der Waals surface area contributed by atoms with Crippen molar-refractivity contribution < 1.29 is 14.3 Å². The van der Waals surface area contributed by atoms with Crippen LogP contribution in [-0.4, -0.2) is 22.5 Å². The van der Waals surface area contributed by atoms with Crippen LogP contribution in [0.3, 0.4) is 0 Å². The number of rotatable bonds is 5. The minimum absolute atomic E-state index is 0.0277. The van der Waals surface area contributed by atoms with E-state index in [1.807, 2.05) is 0 Å². The van der Waals surface area contributed by atoms with Gasteiger partial charge in [-0.1, -0.05) is 24.3 Å². The molecule has 20 heavy (non-hydrogen) atoms. The predicted molar refractivity (Wildman–Crippen MR) is 72.3 cm³/mol. The zero-order valence-corrected chi connectivity index (χ0v) is 10.8. The van der Waals surface area contributed by atoms with Gasteiger partial charge < -0.3 is 10.4 Å². The second kappa shape index (κ2) is 6.77. The molecule has 4 nitrogen and oxygen atoms in total. The normalized spacial score (nSPS) is 11.9. The number of halogens is 1. The lowest BCUT2D eigenvalue weighted by molar-refractivity contribution is -0.120. The molecule has 1 atom stereocenters. The minimum atomic E-state index is -1.06. The summed E-state index contributed by atoms with van der Waals surface area (Å²) in [6.07, 6.45) is 2.35. The van der Waals surface area contributed by atoms with Crippen LogP contribution in [0.2, 0.25) is 0 Å². The van der Waals surface area contributed by atoms with Gasteiger partial charge in [-0.15, -0.1) is 0 Å². The molecule has 2 rings (SSSR count). The number of nitrogens with zero attached hydrogens (tertiary/aromatic N) is 1. The number of carbonyl (C=O) groups excluding carboxylic acids is 1. The SMILES string of the molecule is O=C(Cc1cccnc1)NCC(O)c1ccccc1F. The zero-order valence-electron chi connectivity index (χ0n) is 10.8. The van der Waals surface area contributed by atoms with Crippen LogP contribution >= 0.6 is 0 Å². The molecule has 2 N–H and O–H groups in total. The molecule has 0 aliphatic heterocycles. The van der Waals surface area contributed by atoms with Gasteiger partial charge in [0.2, 0.25) is 5.91 Å². The third kappa shape index (κ3) is 3.86. The van der Waals surface area contributed by atoms with Crippen molar-refractivity contribution in [3.05, 3.63) is 65.7 Å². The van der Waals surface area contributed by atoms with Crippen molar-refractivity contribution in [1.82, 2.24) is 10.3 Å². The van der Waals surface area contributed by atoms with Gasteiger partial charge in [0.1, 0.15) is 5.82 Å². The smallest absolute Gasteiger partial charge is 0.224 e. The summed E-state index contributed by atoms with van der Waals surface area (Å²) in [5.74, 6) is -0.727. The highest BCUT2D eigenvalue weighted by molar-refractivity contribution is 5.78. The molecule has 0 fully saturated rings. The first kappa shape index (κ1) is 14.1. The molecule has 1 heterocycles. The van der Waals surface area contributed by atoms with Gasteiger partial charge in [0.15, 0.2) is 0 Å². The Hall–Kier alpha value is -2.27. The molecule has 0 radical (unpaired) electrons. The number of aromatic nitrogens is 1. The lowest BCUT2D eigenvalue weighted by Crippen LogP contribution is -2.30. The summed E-state index contributed by atoms with van der Waals surface area (Å²) in [5, 5.41) is 12.4. The molecule has 1 amide bonds. The molecule has 0 bridgehead atoms. The van der Waals surface area contributed by atoms with Crippen molar-refractivity contribution in [2.24, 2.45) is 0 Å². The Labute approximate surface area is 116 Å². The molecule has 0 aliphatic rings. The summed E-state index contributed by atoms with van der Waals surface area (Å²) in [6.45, 7) is -0.0277. The third-order valence-corrected chi connectivity index (χ3v) is 2.84. The topological polar surface area (TPSA) is 62.2 Å². The maximum Gasteiger partial charge on any atom is 0.224 e. The Morgan fingerprint density at radius 1 is 1.30 bits per heavy atom. The number of pyridine rings is 1. The number of benzene rings is 1. The molecule has 0 saturated heterocycles.